The fourth-order valence-electron chi connectivity index (χ4n) is 8.44. The highest BCUT2D eigenvalue weighted by molar-refractivity contribution is 6.15. The van der Waals surface area contributed by atoms with Crippen LogP contribution in [-0.2, 0) is 0 Å². The van der Waals surface area contributed by atoms with Gasteiger partial charge in [-0.3, -0.25) is 9.80 Å². The molecule has 6 nitrogen and oxygen atoms in total. The first-order valence-corrected chi connectivity index (χ1v) is 18.5. The van der Waals surface area contributed by atoms with Gasteiger partial charge in [0.1, 0.15) is 23.3 Å². The minimum absolute atomic E-state index is 0.826. The normalized spacial score (nSPS) is 15.1. The highest BCUT2D eigenvalue weighted by Gasteiger charge is 2.28. The lowest BCUT2D eigenvalue weighted by Gasteiger charge is -2.23. The van der Waals surface area contributed by atoms with Crippen molar-refractivity contribution in [3.05, 3.63) is 201 Å². The Morgan fingerprint density at radius 2 is 0.796 bits per heavy atom. The quantitative estimate of drug-likeness (QED) is 0.192. The third-order valence-electron chi connectivity index (χ3n) is 10.5. The molecule has 2 aromatic heterocycles. The molecular formula is C48H42N6. The largest absolute Gasteiger partial charge is 0.341 e. The van der Waals surface area contributed by atoms with Gasteiger partial charge in [0.05, 0.1) is 11.4 Å². The number of para-hydroxylation sites is 2. The zero-order valence-electron chi connectivity index (χ0n) is 31.5. The average Bonchev–Trinajstić information content (AvgIpc) is 3.98. The van der Waals surface area contributed by atoms with Crippen molar-refractivity contribution in [1.82, 2.24) is 9.97 Å². The van der Waals surface area contributed by atoms with Crippen molar-refractivity contribution in [1.29, 1.82) is 0 Å². The van der Waals surface area contributed by atoms with Gasteiger partial charge in [-0.1, -0.05) is 71.8 Å². The van der Waals surface area contributed by atoms with Gasteiger partial charge < -0.3 is 9.97 Å². The second kappa shape index (κ2) is 13.1. The van der Waals surface area contributed by atoms with Crippen LogP contribution in [0.2, 0.25) is 0 Å². The van der Waals surface area contributed by atoms with Gasteiger partial charge >= 0.3 is 0 Å². The highest BCUT2D eigenvalue weighted by Crippen LogP contribution is 2.41. The minimum Gasteiger partial charge on any atom is -0.341 e. The third kappa shape index (κ3) is 5.67. The van der Waals surface area contributed by atoms with Crippen LogP contribution in [0, 0.1) is 41.5 Å². The van der Waals surface area contributed by atoms with E-state index in [9.17, 15) is 0 Å². The molecule has 6 aromatic rings. The maximum absolute atomic E-state index is 5.45. The Morgan fingerprint density at radius 1 is 0.426 bits per heavy atom. The van der Waals surface area contributed by atoms with E-state index in [2.05, 4.69) is 183 Å². The fourth-order valence-corrected chi connectivity index (χ4v) is 8.44. The second-order valence-corrected chi connectivity index (χ2v) is 14.5. The molecule has 0 fully saturated rings. The van der Waals surface area contributed by atoms with Crippen molar-refractivity contribution in [2.45, 2.75) is 41.5 Å². The Balaban J connectivity index is 1.36. The summed E-state index contributed by atoms with van der Waals surface area (Å²) in [6, 6.07) is 38.6. The molecule has 0 radical (unpaired) electrons. The zero-order valence-corrected chi connectivity index (χ0v) is 31.5. The van der Waals surface area contributed by atoms with Crippen LogP contribution in [-0.4, -0.2) is 21.6 Å². The molecule has 0 aliphatic carbocycles. The Hall–Kier alpha value is -6.66. The molecule has 0 unspecified atom stereocenters. The molecule has 0 spiro atoms. The van der Waals surface area contributed by atoms with Gasteiger partial charge in [-0.15, -0.1) is 0 Å². The molecule has 264 valence electrons. The average molecular weight is 703 g/mol. The van der Waals surface area contributed by atoms with Crippen LogP contribution in [0.25, 0.3) is 11.1 Å². The van der Waals surface area contributed by atoms with Crippen molar-refractivity contribution in [2.24, 2.45) is 9.98 Å². The molecule has 2 N–H and O–H groups in total. The molecule has 0 amide bonds. The molecule has 5 heterocycles. The first-order valence-electron chi connectivity index (χ1n) is 18.5. The molecule has 0 saturated heterocycles. The predicted molar refractivity (Wildman–Crippen MR) is 225 cm³/mol. The number of nitrogens with one attached hydrogen (secondary N) is 2. The van der Waals surface area contributed by atoms with Crippen LogP contribution in [0.5, 0.6) is 0 Å². The summed E-state index contributed by atoms with van der Waals surface area (Å²) in [7, 11) is 0. The van der Waals surface area contributed by atoms with E-state index >= 15 is 0 Å². The number of hydrogen-bond acceptors (Lipinski definition) is 4. The van der Waals surface area contributed by atoms with Crippen LogP contribution in [0.15, 0.2) is 155 Å². The first kappa shape index (κ1) is 33.2. The number of benzene rings is 4. The van der Waals surface area contributed by atoms with Crippen LogP contribution < -0.4 is 9.80 Å². The highest BCUT2D eigenvalue weighted by atomic mass is 15.3. The summed E-state index contributed by atoms with van der Waals surface area (Å²) in [5.41, 5.74) is 17.6. The smallest absolute Gasteiger partial charge is 0.139 e. The summed E-state index contributed by atoms with van der Waals surface area (Å²) in [6.07, 6.45) is 8.56. The summed E-state index contributed by atoms with van der Waals surface area (Å²) in [6.45, 7) is 13.1. The Kier molecular flexibility index (Phi) is 8.04. The van der Waals surface area contributed by atoms with Crippen LogP contribution in [0.3, 0.4) is 0 Å². The van der Waals surface area contributed by atoms with E-state index in [0.717, 1.165) is 68.6 Å². The number of fused-ring (bicyclic) bond motifs is 6. The van der Waals surface area contributed by atoms with Crippen molar-refractivity contribution in [3.63, 3.8) is 0 Å². The van der Waals surface area contributed by atoms with E-state index in [1.807, 2.05) is 12.1 Å². The Bertz CT molecular complexity index is 2430. The standard InChI is InChI=1S/C48H42N6/c1-29-25-31(3)45(32(4)26-29)47-37-17-21-41(49-37)53(35-13-9-7-10-14-35)43-23-19-39(51-43)48(46-33(5)27-30(2)28-34(46)6)40-20-24-44(52-40)54(36-15-11-8-12-16-36)42-22-18-38(47)50-42/h7-28,49,52H,1-6H3. The maximum atomic E-state index is 5.45. The molecule has 8 bridgehead atoms. The summed E-state index contributed by atoms with van der Waals surface area (Å²) in [4.78, 5) is 23.0. The summed E-state index contributed by atoms with van der Waals surface area (Å²) < 4.78 is 0. The lowest BCUT2D eigenvalue weighted by molar-refractivity contribution is 1.20. The van der Waals surface area contributed by atoms with Gasteiger partial charge in [-0.25, -0.2) is 9.98 Å². The first-order chi connectivity index (χ1) is 26.2. The number of amidine groups is 2. The monoisotopic (exact) mass is 702 g/mol. The van der Waals surface area contributed by atoms with Gasteiger partial charge in [0.2, 0.25) is 0 Å². The van der Waals surface area contributed by atoms with E-state index in [4.69, 9.17) is 9.98 Å². The van der Waals surface area contributed by atoms with Crippen LogP contribution >= 0.6 is 0 Å². The number of anilines is 4. The predicted octanol–water partition coefficient (Wildman–Crippen LogP) is 11.6. The molecular weight excluding hydrogens is 661 g/mol. The zero-order chi connectivity index (χ0) is 37.1. The SMILES string of the molecule is Cc1cc(C)c(C2=C3C=CC(=N3)N(c3ccccc3)c3ccc([nH]3)C(c3c(C)cc(C)cc3C)=C3C=CC(=N3)N(c3ccccc3)c3ccc2[nH]3)c(C)c1. The van der Waals surface area contributed by atoms with Crippen molar-refractivity contribution in [2.75, 3.05) is 9.80 Å². The molecule has 3 aliphatic rings. The lowest BCUT2D eigenvalue weighted by atomic mass is 9.91. The van der Waals surface area contributed by atoms with E-state index in [-0.39, 0.29) is 0 Å². The molecule has 54 heavy (non-hydrogen) atoms. The number of aliphatic imine (C=N–C) groups is 2. The maximum Gasteiger partial charge on any atom is 0.139 e. The summed E-state index contributed by atoms with van der Waals surface area (Å²) in [5, 5.41) is 0. The number of aromatic nitrogens is 2. The molecule has 3 aliphatic heterocycles. The number of H-pyrrole nitrogens is 2. The van der Waals surface area contributed by atoms with Gasteiger partial charge in [0.15, 0.2) is 0 Å². The third-order valence-corrected chi connectivity index (χ3v) is 10.5. The number of nitrogens with zero attached hydrogens (tertiary/aromatic N) is 4. The van der Waals surface area contributed by atoms with E-state index in [1.54, 1.807) is 0 Å². The van der Waals surface area contributed by atoms with Crippen molar-refractivity contribution >= 4 is 45.8 Å². The minimum atomic E-state index is 0.826. The fraction of sp³-hybridized carbons (Fsp3) is 0.125. The number of hydrogen-bond donors (Lipinski definition) is 2. The Morgan fingerprint density at radius 3 is 1.17 bits per heavy atom. The van der Waals surface area contributed by atoms with Crippen molar-refractivity contribution < 1.29 is 0 Å². The number of allylic oxidation sites excluding steroid dienone is 2. The number of rotatable bonds is 4. The molecule has 0 saturated carbocycles. The topological polar surface area (TPSA) is 62.8 Å². The van der Waals surface area contributed by atoms with Crippen LogP contribution in [0.1, 0.15) is 55.9 Å². The second-order valence-electron chi connectivity index (χ2n) is 14.5. The van der Waals surface area contributed by atoms with Crippen molar-refractivity contribution in [3.8, 4) is 0 Å². The van der Waals surface area contributed by atoms with E-state index in [1.165, 1.54) is 44.5 Å². The van der Waals surface area contributed by atoms with Gasteiger partial charge in [-0.05, 0) is 148 Å². The molecule has 9 rings (SSSR count). The van der Waals surface area contributed by atoms with Crippen LogP contribution in [0.4, 0.5) is 23.0 Å². The molecule has 6 heteroatoms. The molecule has 0 atom stereocenters. The number of aryl methyl sites for hydroxylation is 6. The van der Waals surface area contributed by atoms with E-state index < -0.39 is 0 Å². The van der Waals surface area contributed by atoms with Gasteiger partial charge in [-0.2, -0.15) is 0 Å². The summed E-state index contributed by atoms with van der Waals surface area (Å²) >= 11 is 0. The van der Waals surface area contributed by atoms with Gasteiger partial charge in [0.25, 0.3) is 0 Å². The van der Waals surface area contributed by atoms with Gasteiger partial charge in [0, 0.05) is 33.9 Å². The molecule has 4 aromatic carbocycles. The Labute approximate surface area is 317 Å². The summed E-state index contributed by atoms with van der Waals surface area (Å²) in [5.74, 6) is 3.48. The lowest BCUT2D eigenvalue weighted by Crippen LogP contribution is -2.24. The number of aromatic amines is 2. The van der Waals surface area contributed by atoms with E-state index in [0.29, 0.717) is 0 Å².